The second-order valence-electron chi connectivity index (χ2n) is 5.56. The fraction of sp³-hybridized carbons (Fsp3) is 0.562. The van der Waals surface area contributed by atoms with E-state index in [9.17, 15) is 4.79 Å². The number of carbonyl (C=O) groups is 1. The van der Waals surface area contributed by atoms with Crippen LogP contribution in [0.1, 0.15) is 42.5 Å². The van der Waals surface area contributed by atoms with Crippen LogP contribution in [0.5, 0.6) is 0 Å². The number of halogens is 1. The second-order valence-corrected chi connectivity index (χ2v) is 6.85. The molecule has 21 heavy (non-hydrogen) atoms. The molecule has 0 bridgehead atoms. The van der Waals surface area contributed by atoms with E-state index in [1.165, 1.54) is 19.3 Å². The Balaban J connectivity index is 2.08. The maximum atomic E-state index is 12.5. The molecule has 2 rings (SSSR count). The maximum Gasteiger partial charge on any atom is 0.253 e. The highest BCUT2D eigenvalue weighted by Crippen LogP contribution is 2.27. The van der Waals surface area contributed by atoms with Crippen molar-refractivity contribution in [3.05, 3.63) is 28.8 Å². The summed E-state index contributed by atoms with van der Waals surface area (Å²) < 4.78 is 0. The van der Waals surface area contributed by atoms with Crippen molar-refractivity contribution in [1.29, 1.82) is 0 Å². The predicted octanol–water partition coefficient (Wildman–Crippen LogP) is 3.70. The van der Waals surface area contributed by atoms with E-state index in [1.54, 1.807) is 17.8 Å². The Morgan fingerprint density at radius 3 is 2.76 bits per heavy atom. The van der Waals surface area contributed by atoms with Crippen LogP contribution in [0.4, 0.5) is 0 Å². The minimum Gasteiger partial charge on any atom is -0.348 e. The Bertz CT molecular complexity index is 489. The number of nitrogens with one attached hydrogen (secondary N) is 1. The quantitative estimate of drug-likeness (QED) is 0.811. The summed E-state index contributed by atoms with van der Waals surface area (Å²) in [4.78, 5) is 13.5. The highest BCUT2D eigenvalue weighted by atomic mass is 35.5. The van der Waals surface area contributed by atoms with Crippen molar-refractivity contribution in [3.8, 4) is 0 Å². The average Bonchev–Trinajstić information content (AvgIpc) is 2.53. The van der Waals surface area contributed by atoms with Gasteiger partial charge in [0, 0.05) is 17.5 Å². The number of benzene rings is 1. The lowest BCUT2D eigenvalue weighted by molar-refractivity contribution is 0.0915. The normalized spacial score (nSPS) is 17.5. The van der Waals surface area contributed by atoms with Crippen LogP contribution in [-0.2, 0) is 0 Å². The maximum absolute atomic E-state index is 12.5. The molecule has 3 nitrogen and oxygen atoms in total. The predicted molar refractivity (Wildman–Crippen MR) is 90.1 cm³/mol. The van der Waals surface area contributed by atoms with Gasteiger partial charge in [0.1, 0.15) is 0 Å². The molecule has 0 heterocycles. The number of hydrogen-bond acceptors (Lipinski definition) is 3. The number of amides is 1. The molecule has 1 amide bonds. The molecule has 1 aliphatic carbocycles. The second kappa shape index (κ2) is 8.06. The summed E-state index contributed by atoms with van der Waals surface area (Å²) in [5.41, 5.74) is 6.41. The van der Waals surface area contributed by atoms with Crippen molar-refractivity contribution < 1.29 is 4.79 Å². The SMILES string of the molecule is CSc1ccc(Cl)c(C(=O)NC(CN)C2CCCCC2)c1. The van der Waals surface area contributed by atoms with Crippen molar-refractivity contribution in [2.75, 3.05) is 12.8 Å². The van der Waals surface area contributed by atoms with Gasteiger partial charge in [-0.3, -0.25) is 4.79 Å². The molecule has 1 atom stereocenters. The van der Waals surface area contributed by atoms with Gasteiger partial charge in [0.2, 0.25) is 0 Å². The first-order valence-electron chi connectivity index (χ1n) is 7.50. The molecule has 0 spiro atoms. The Labute approximate surface area is 136 Å². The highest BCUT2D eigenvalue weighted by molar-refractivity contribution is 7.98. The van der Waals surface area contributed by atoms with Gasteiger partial charge in [-0.1, -0.05) is 30.9 Å². The monoisotopic (exact) mass is 326 g/mol. The number of thioether (sulfide) groups is 1. The van der Waals surface area contributed by atoms with E-state index >= 15 is 0 Å². The molecule has 1 fully saturated rings. The van der Waals surface area contributed by atoms with Crippen molar-refractivity contribution >= 4 is 29.3 Å². The van der Waals surface area contributed by atoms with Crippen molar-refractivity contribution in [1.82, 2.24) is 5.32 Å². The molecule has 1 aliphatic rings. The molecule has 0 saturated heterocycles. The van der Waals surface area contributed by atoms with Crippen LogP contribution in [0.3, 0.4) is 0 Å². The number of nitrogens with two attached hydrogens (primary N) is 1. The minimum atomic E-state index is -0.114. The van der Waals surface area contributed by atoms with Crippen molar-refractivity contribution in [3.63, 3.8) is 0 Å². The summed E-state index contributed by atoms with van der Waals surface area (Å²) in [5, 5.41) is 3.58. The molecular weight excluding hydrogens is 304 g/mol. The van der Waals surface area contributed by atoms with Gasteiger partial charge < -0.3 is 11.1 Å². The topological polar surface area (TPSA) is 55.1 Å². The molecule has 1 aromatic rings. The lowest BCUT2D eigenvalue weighted by Crippen LogP contribution is -2.46. The zero-order chi connectivity index (χ0) is 15.2. The van der Waals surface area contributed by atoms with E-state index in [0.29, 0.717) is 23.0 Å². The van der Waals surface area contributed by atoms with Gasteiger partial charge in [-0.15, -0.1) is 11.8 Å². The summed E-state index contributed by atoms with van der Waals surface area (Å²) in [7, 11) is 0. The van der Waals surface area contributed by atoms with Crippen LogP contribution in [0.15, 0.2) is 23.1 Å². The first kappa shape index (κ1) is 16.7. The average molecular weight is 327 g/mol. The standard InChI is InChI=1S/C16H23ClN2OS/c1-21-12-7-8-14(17)13(9-12)16(20)19-15(10-18)11-5-3-2-4-6-11/h7-9,11,15H,2-6,10,18H2,1H3,(H,19,20). The van der Waals surface area contributed by atoms with Gasteiger partial charge >= 0.3 is 0 Å². The number of carbonyl (C=O) groups excluding carboxylic acids is 1. The van der Waals surface area contributed by atoms with Crippen molar-refractivity contribution in [2.24, 2.45) is 11.7 Å². The first-order valence-corrected chi connectivity index (χ1v) is 9.10. The fourth-order valence-corrected chi connectivity index (χ4v) is 3.60. The third-order valence-electron chi connectivity index (χ3n) is 4.21. The third-order valence-corrected chi connectivity index (χ3v) is 5.26. The lowest BCUT2D eigenvalue weighted by Gasteiger charge is -2.30. The molecule has 1 saturated carbocycles. The third kappa shape index (κ3) is 4.38. The van der Waals surface area contributed by atoms with Gasteiger partial charge in [-0.05, 0) is 43.2 Å². The van der Waals surface area contributed by atoms with Crippen LogP contribution in [0.25, 0.3) is 0 Å². The summed E-state index contributed by atoms with van der Waals surface area (Å²) >= 11 is 7.76. The summed E-state index contributed by atoms with van der Waals surface area (Å²) in [6.45, 7) is 0.482. The molecule has 3 N–H and O–H groups in total. The summed E-state index contributed by atoms with van der Waals surface area (Å²) in [6, 6.07) is 5.59. The van der Waals surface area contributed by atoms with E-state index in [0.717, 1.165) is 17.7 Å². The van der Waals surface area contributed by atoms with Crippen LogP contribution in [-0.4, -0.2) is 24.7 Å². The van der Waals surface area contributed by atoms with Gasteiger partial charge in [0.15, 0.2) is 0 Å². The molecule has 1 aromatic carbocycles. The van der Waals surface area contributed by atoms with E-state index < -0.39 is 0 Å². The molecule has 0 aliphatic heterocycles. The first-order chi connectivity index (χ1) is 10.2. The smallest absolute Gasteiger partial charge is 0.253 e. The van der Waals surface area contributed by atoms with Crippen LogP contribution >= 0.6 is 23.4 Å². The van der Waals surface area contributed by atoms with Crippen LogP contribution < -0.4 is 11.1 Å². The Hall–Kier alpha value is -0.710. The molecular formula is C16H23ClN2OS. The molecule has 5 heteroatoms. The molecule has 0 aromatic heterocycles. The zero-order valence-corrected chi connectivity index (χ0v) is 14.0. The van der Waals surface area contributed by atoms with Crippen LogP contribution in [0.2, 0.25) is 5.02 Å². The van der Waals surface area contributed by atoms with E-state index in [4.69, 9.17) is 17.3 Å². The van der Waals surface area contributed by atoms with Gasteiger partial charge in [0.05, 0.1) is 10.6 Å². The Morgan fingerprint density at radius 2 is 2.14 bits per heavy atom. The zero-order valence-electron chi connectivity index (χ0n) is 12.4. The van der Waals surface area contributed by atoms with E-state index in [2.05, 4.69) is 5.32 Å². The molecule has 0 radical (unpaired) electrons. The van der Waals surface area contributed by atoms with Crippen LogP contribution in [0, 0.1) is 5.92 Å². The van der Waals surface area contributed by atoms with E-state index in [1.807, 2.05) is 18.4 Å². The van der Waals surface area contributed by atoms with Gasteiger partial charge in [0.25, 0.3) is 5.91 Å². The molecule has 1 unspecified atom stereocenters. The van der Waals surface area contributed by atoms with E-state index in [-0.39, 0.29) is 11.9 Å². The largest absolute Gasteiger partial charge is 0.348 e. The van der Waals surface area contributed by atoms with Gasteiger partial charge in [-0.25, -0.2) is 0 Å². The fourth-order valence-electron chi connectivity index (χ4n) is 2.96. The molecule has 116 valence electrons. The minimum absolute atomic E-state index is 0.0480. The van der Waals surface area contributed by atoms with Gasteiger partial charge in [-0.2, -0.15) is 0 Å². The summed E-state index contributed by atoms with van der Waals surface area (Å²) in [6.07, 6.45) is 8.06. The highest BCUT2D eigenvalue weighted by Gasteiger charge is 2.25. The van der Waals surface area contributed by atoms with Crippen molar-refractivity contribution in [2.45, 2.75) is 43.0 Å². The Kier molecular flexibility index (Phi) is 6.40. The number of hydrogen-bond donors (Lipinski definition) is 2. The number of rotatable bonds is 5. The summed E-state index contributed by atoms with van der Waals surface area (Å²) in [5.74, 6) is 0.382. The lowest BCUT2D eigenvalue weighted by atomic mass is 9.84. The Morgan fingerprint density at radius 1 is 1.43 bits per heavy atom.